The third kappa shape index (κ3) is 2.99. The van der Waals surface area contributed by atoms with Gasteiger partial charge in [-0.15, -0.1) is 12.8 Å². The van der Waals surface area contributed by atoms with E-state index >= 15 is 0 Å². The minimum absolute atomic E-state index is 0.302. The Morgan fingerprint density at radius 2 is 2.00 bits per heavy atom. The highest BCUT2D eigenvalue weighted by atomic mass is 16.5. The van der Waals surface area contributed by atoms with E-state index in [0.717, 1.165) is 59.3 Å². The molecule has 4 heteroatoms. The molecule has 2 aromatic rings. The second-order valence-electron chi connectivity index (χ2n) is 7.09. The highest BCUT2D eigenvalue weighted by Crippen LogP contribution is 2.47. The minimum Gasteiger partial charge on any atom is -0.492 e. The molecule has 136 valence electrons. The largest absolute Gasteiger partial charge is 0.492 e. The third-order valence-electron chi connectivity index (χ3n) is 4.66. The van der Waals surface area contributed by atoms with Gasteiger partial charge in [-0.3, -0.25) is 0 Å². The second-order valence-corrected chi connectivity index (χ2v) is 7.09. The summed E-state index contributed by atoms with van der Waals surface area (Å²) in [7, 11) is 0. The van der Waals surface area contributed by atoms with Gasteiger partial charge in [-0.05, 0) is 50.8 Å². The van der Waals surface area contributed by atoms with Gasteiger partial charge in [0.2, 0.25) is 0 Å². The summed E-state index contributed by atoms with van der Waals surface area (Å²) < 4.78 is 17.9. The van der Waals surface area contributed by atoms with Crippen molar-refractivity contribution in [1.82, 2.24) is 0 Å². The number of fused-ring (bicyclic) bond motifs is 6. The van der Waals surface area contributed by atoms with Gasteiger partial charge < -0.3 is 13.9 Å². The van der Waals surface area contributed by atoms with E-state index in [9.17, 15) is 4.79 Å². The molecule has 0 atom stereocenters. The van der Waals surface area contributed by atoms with E-state index in [0.29, 0.717) is 12.2 Å². The number of benzene rings is 1. The van der Waals surface area contributed by atoms with Crippen molar-refractivity contribution in [1.29, 1.82) is 0 Å². The van der Waals surface area contributed by atoms with Crippen molar-refractivity contribution in [3.63, 3.8) is 0 Å². The van der Waals surface area contributed by atoms with Gasteiger partial charge in [0.25, 0.3) is 0 Å². The van der Waals surface area contributed by atoms with Gasteiger partial charge in [-0.2, -0.15) is 0 Å². The molecule has 0 radical (unpaired) electrons. The Labute approximate surface area is 153 Å². The lowest BCUT2D eigenvalue weighted by Gasteiger charge is -2.32. The van der Waals surface area contributed by atoms with Crippen LogP contribution in [-0.4, -0.2) is 12.2 Å². The topological polar surface area (TPSA) is 48.7 Å². The number of terminal acetylenes is 1. The lowest BCUT2D eigenvalue weighted by Crippen LogP contribution is -2.28. The van der Waals surface area contributed by atoms with Crippen LogP contribution in [0, 0.1) is 12.8 Å². The first-order valence-corrected chi connectivity index (χ1v) is 9.00. The monoisotopic (exact) mass is 352 g/mol. The molecule has 0 spiro atoms. The van der Waals surface area contributed by atoms with Crippen LogP contribution < -0.4 is 15.1 Å². The zero-order valence-electron chi connectivity index (χ0n) is 15.6. The summed E-state index contributed by atoms with van der Waals surface area (Å²) in [6.07, 6.45) is 15.7. The quantitative estimate of drug-likeness (QED) is 0.590. The van der Waals surface area contributed by atoms with Crippen LogP contribution in [0.3, 0.4) is 0 Å². The van der Waals surface area contributed by atoms with Crippen LogP contribution in [-0.2, 0) is 12.8 Å². The number of rotatable bonds is 2. The number of aryl methyl sites for hydroxylation is 2. The lowest BCUT2D eigenvalue weighted by atomic mass is 9.91. The Morgan fingerprint density at radius 3 is 2.73 bits per heavy atom. The highest BCUT2D eigenvalue weighted by Gasteiger charge is 2.31. The highest BCUT2D eigenvalue weighted by molar-refractivity contribution is 5.96. The summed E-state index contributed by atoms with van der Waals surface area (Å²) in [6, 6.07) is 1.61. The molecule has 4 rings (SSSR count). The summed E-state index contributed by atoms with van der Waals surface area (Å²) in [5.74, 6) is 1.60. The Kier molecular flexibility index (Phi) is 4.82. The lowest BCUT2D eigenvalue weighted by molar-refractivity contribution is 0.159. The average molecular weight is 352 g/mol. The van der Waals surface area contributed by atoms with Crippen LogP contribution in [0.4, 0.5) is 0 Å². The maximum atomic E-state index is 12.1. The van der Waals surface area contributed by atoms with E-state index in [4.69, 9.17) is 13.9 Å². The van der Waals surface area contributed by atoms with Crippen LogP contribution in [0.15, 0.2) is 21.4 Å². The molecule has 2 aliphatic rings. The molecule has 26 heavy (non-hydrogen) atoms. The molecule has 0 amide bonds. The molecular weight excluding hydrogens is 328 g/mol. The molecule has 1 aromatic carbocycles. The van der Waals surface area contributed by atoms with Crippen molar-refractivity contribution in [2.45, 2.75) is 52.1 Å². The van der Waals surface area contributed by atoms with E-state index in [1.807, 2.05) is 13.8 Å². The maximum absolute atomic E-state index is 12.1. The SMILES string of the molecule is C#C.CCCc1cc(=O)oc2c3c(c4c(c12)OC(C)(C)C=C4)OCCC3. The molecule has 0 saturated heterocycles. The summed E-state index contributed by atoms with van der Waals surface area (Å²) in [5.41, 5.74) is 2.91. The van der Waals surface area contributed by atoms with Gasteiger partial charge in [0.15, 0.2) is 0 Å². The van der Waals surface area contributed by atoms with E-state index < -0.39 is 5.60 Å². The van der Waals surface area contributed by atoms with Gasteiger partial charge in [-0.25, -0.2) is 4.79 Å². The molecule has 0 aliphatic carbocycles. The smallest absolute Gasteiger partial charge is 0.336 e. The number of hydrogen-bond donors (Lipinski definition) is 0. The Hall–Kier alpha value is -2.67. The molecule has 0 bridgehead atoms. The van der Waals surface area contributed by atoms with Crippen molar-refractivity contribution in [2.75, 3.05) is 6.61 Å². The van der Waals surface area contributed by atoms with Gasteiger partial charge in [0.1, 0.15) is 22.7 Å². The van der Waals surface area contributed by atoms with Gasteiger partial charge >= 0.3 is 5.63 Å². The molecule has 3 heterocycles. The molecule has 0 unspecified atom stereocenters. The number of ether oxygens (including phenoxy) is 2. The molecule has 0 saturated carbocycles. The summed E-state index contributed by atoms with van der Waals surface area (Å²) in [4.78, 5) is 12.1. The first-order valence-electron chi connectivity index (χ1n) is 9.00. The van der Waals surface area contributed by atoms with E-state index in [1.54, 1.807) is 6.07 Å². The summed E-state index contributed by atoms with van der Waals surface area (Å²) in [5, 5.41) is 0.938. The fourth-order valence-corrected chi connectivity index (χ4v) is 3.63. The molecule has 0 fully saturated rings. The molecule has 1 aromatic heterocycles. The standard InChI is InChI=1S/C20H22O4.C2H2/c1-4-6-12-11-15(21)23-18-13-7-5-10-22-17(13)14-8-9-20(2,3)24-19(14)16(12)18;1-2/h8-9,11H,4-7,10H2,1-3H3;1-2H. The van der Waals surface area contributed by atoms with Crippen LogP contribution in [0.5, 0.6) is 11.5 Å². The van der Waals surface area contributed by atoms with E-state index in [-0.39, 0.29) is 5.63 Å². The van der Waals surface area contributed by atoms with Crippen LogP contribution in [0.1, 0.15) is 50.3 Å². The summed E-state index contributed by atoms with van der Waals surface area (Å²) >= 11 is 0. The zero-order valence-corrected chi connectivity index (χ0v) is 15.6. The van der Waals surface area contributed by atoms with Gasteiger partial charge in [-0.1, -0.05) is 13.3 Å². The summed E-state index contributed by atoms with van der Waals surface area (Å²) in [6.45, 7) is 6.84. The van der Waals surface area contributed by atoms with Crippen molar-refractivity contribution in [2.24, 2.45) is 0 Å². The van der Waals surface area contributed by atoms with Crippen LogP contribution in [0.2, 0.25) is 0 Å². The molecule has 0 N–H and O–H groups in total. The predicted octanol–water partition coefficient (Wildman–Crippen LogP) is 4.50. The fourth-order valence-electron chi connectivity index (χ4n) is 3.63. The minimum atomic E-state index is -0.400. The van der Waals surface area contributed by atoms with E-state index in [1.165, 1.54) is 0 Å². The Balaban J connectivity index is 0.000000948. The normalized spacial score (nSPS) is 16.5. The second kappa shape index (κ2) is 6.92. The van der Waals surface area contributed by atoms with Crippen molar-refractivity contribution < 1.29 is 13.9 Å². The number of hydrogen-bond acceptors (Lipinski definition) is 4. The predicted molar refractivity (Wildman–Crippen MR) is 104 cm³/mol. The first kappa shape index (κ1) is 18.1. The average Bonchev–Trinajstić information content (AvgIpc) is 2.62. The van der Waals surface area contributed by atoms with E-state index in [2.05, 4.69) is 31.9 Å². The van der Waals surface area contributed by atoms with Crippen molar-refractivity contribution >= 4 is 17.0 Å². The zero-order chi connectivity index (χ0) is 18.9. The van der Waals surface area contributed by atoms with Gasteiger partial charge in [0, 0.05) is 11.6 Å². The molecule has 2 aliphatic heterocycles. The van der Waals surface area contributed by atoms with Crippen molar-refractivity contribution in [3.8, 4) is 24.3 Å². The Morgan fingerprint density at radius 1 is 1.23 bits per heavy atom. The fraction of sp³-hybridized carbons (Fsp3) is 0.409. The third-order valence-corrected chi connectivity index (χ3v) is 4.66. The maximum Gasteiger partial charge on any atom is 0.336 e. The van der Waals surface area contributed by atoms with Gasteiger partial charge in [0.05, 0.1) is 17.6 Å². The first-order chi connectivity index (χ1) is 12.5. The molecule has 4 nitrogen and oxygen atoms in total. The Bertz CT molecular complexity index is 944. The van der Waals surface area contributed by atoms with Crippen LogP contribution >= 0.6 is 0 Å². The van der Waals surface area contributed by atoms with Crippen molar-refractivity contribution in [3.05, 3.63) is 39.3 Å². The molecular formula is C22H24O4. The van der Waals surface area contributed by atoms with Crippen LogP contribution in [0.25, 0.3) is 17.0 Å².